The van der Waals surface area contributed by atoms with E-state index in [1.54, 1.807) is 12.3 Å². The van der Waals surface area contributed by atoms with Crippen molar-refractivity contribution in [1.29, 1.82) is 0 Å². The molecule has 1 aromatic carbocycles. The summed E-state index contributed by atoms with van der Waals surface area (Å²) in [6.45, 7) is 0. The second-order valence-corrected chi connectivity index (χ2v) is 7.29. The van der Waals surface area contributed by atoms with Crippen LogP contribution in [0.5, 0.6) is 0 Å². The molecule has 21 heavy (non-hydrogen) atoms. The number of halogens is 5. The van der Waals surface area contributed by atoms with Crippen LogP contribution < -0.4 is 5.32 Å². The molecule has 2 heterocycles. The van der Waals surface area contributed by atoms with Crippen LogP contribution >= 0.6 is 11.6 Å². The lowest BCUT2D eigenvalue weighted by Gasteiger charge is -2.20. The van der Waals surface area contributed by atoms with E-state index in [4.69, 9.17) is 11.6 Å². The first kappa shape index (κ1) is 14.8. The van der Waals surface area contributed by atoms with E-state index < -0.39 is 28.1 Å². The molecule has 0 fully saturated rings. The van der Waals surface area contributed by atoms with Crippen molar-refractivity contribution in [2.45, 2.75) is 17.8 Å². The molecule has 1 nitrogen and oxygen atoms in total. The topological polar surface area (TPSA) is 12.0 Å². The number of allylic oxidation sites excluding steroid dienone is 3. The van der Waals surface area contributed by atoms with Crippen LogP contribution in [-0.4, -0.2) is 11.3 Å². The van der Waals surface area contributed by atoms with Gasteiger partial charge in [0, 0.05) is 6.42 Å². The molecule has 112 valence electrons. The molecule has 2 atom stereocenters. The Labute approximate surface area is 127 Å². The minimum atomic E-state index is -4.24. The fourth-order valence-electron chi connectivity index (χ4n) is 2.61. The van der Waals surface area contributed by atoms with Crippen LogP contribution in [0.3, 0.4) is 0 Å². The van der Waals surface area contributed by atoms with Gasteiger partial charge in [0.1, 0.15) is 22.5 Å². The van der Waals surface area contributed by atoms with E-state index in [2.05, 4.69) is 5.32 Å². The number of hydrogen-bond donors (Lipinski definition) is 1. The maximum Gasteiger partial charge on any atom is 0.580 e. The normalized spacial score (nSPS) is 25.0. The first-order valence-electron chi connectivity index (χ1n) is 6.27. The largest absolute Gasteiger partial charge is 0.580 e. The number of rotatable bonds is 1. The van der Waals surface area contributed by atoms with Crippen molar-refractivity contribution in [2.24, 2.45) is 0 Å². The molecule has 0 saturated heterocycles. The van der Waals surface area contributed by atoms with Crippen molar-refractivity contribution in [3.05, 3.63) is 57.5 Å². The van der Waals surface area contributed by atoms with Gasteiger partial charge in [0.05, 0.1) is 16.6 Å². The maximum absolute atomic E-state index is 13.2. The van der Waals surface area contributed by atoms with Crippen molar-refractivity contribution >= 4 is 22.5 Å². The van der Waals surface area contributed by atoms with Crippen LogP contribution in [0.15, 0.2) is 41.1 Å². The minimum Gasteiger partial charge on any atom is -0.361 e. The van der Waals surface area contributed by atoms with Crippen molar-refractivity contribution in [1.82, 2.24) is 5.32 Å². The van der Waals surface area contributed by atoms with Crippen molar-refractivity contribution in [2.75, 3.05) is 5.75 Å². The van der Waals surface area contributed by atoms with E-state index in [0.29, 0.717) is 22.6 Å². The Morgan fingerprint density at radius 1 is 1.29 bits per heavy atom. The van der Waals surface area contributed by atoms with Crippen LogP contribution in [0.4, 0.5) is 17.6 Å². The zero-order chi connectivity index (χ0) is 15.2. The number of nitrogens with one attached hydrogen (secondary N) is 1. The lowest BCUT2D eigenvalue weighted by Crippen LogP contribution is -2.28. The van der Waals surface area contributed by atoms with Gasteiger partial charge < -0.3 is 5.32 Å². The summed E-state index contributed by atoms with van der Waals surface area (Å²) in [5.74, 6) is -1.01. The van der Waals surface area contributed by atoms with Gasteiger partial charge in [-0.05, 0) is 23.9 Å². The second kappa shape index (κ2) is 5.25. The third kappa shape index (κ3) is 2.66. The molecule has 2 aliphatic rings. The van der Waals surface area contributed by atoms with Crippen molar-refractivity contribution in [3.63, 3.8) is 0 Å². The SMILES string of the molecule is Fc1ccc(C2C=CNC3=C2[S+](C(F)(F)F)CC3)cc1Cl. The molecular formula is C14H11ClF4NS+. The van der Waals surface area contributed by atoms with Crippen molar-refractivity contribution < 1.29 is 17.6 Å². The Balaban J connectivity index is 2.03. The molecule has 0 radical (unpaired) electrons. The van der Waals surface area contributed by atoms with E-state index in [-0.39, 0.29) is 10.8 Å². The Morgan fingerprint density at radius 2 is 2.05 bits per heavy atom. The molecular weight excluding hydrogens is 326 g/mol. The van der Waals surface area contributed by atoms with Gasteiger partial charge in [-0.1, -0.05) is 23.7 Å². The zero-order valence-corrected chi connectivity index (χ0v) is 12.2. The Kier molecular flexibility index (Phi) is 3.69. The van der Waals surface area contributed by atoms with Crippen molar-refractivity contribution in [3.8, 4) is 0 Å². The fourth-order valence-corrected chi connectivity index (χ4v) is 4.89. The molecule has 0 amide bonds. The highest BCUT2D eigenvalue weighted by atomic mass is 35.5. The lowest BCUT2D eigenvalue weighted by atomic mass is 9.95. The van der Waals surface area contributed by atoms with E-state index in [1.807, 2.05) is 0 Å². The standard InChI is InChI=1S/C14H11ClF4NS/c15-10-7-8(1-2-11(10)16)9-3-5-20-12-4-6-21(13(9)12)14(17,18)19/h1-3,5,7,9,20H,4,6H2/q+1. The molecule has 3 rings (SSSR count). The predicted octanol–water partition coefficient (Wildman–Crippen LogP) is 4.43. The Morgan fingerprint density at radius 3 is 2.71 bits per heavy atom. The summed E-state index contributed by atoms with van der Waals surface area (Å²) in [7, 11) is -1.77. The third-order valence-electron chi connectivity index (χ3n) is 3.53. The minimum absolute atomic E-state index is 0.0773. The summed E-state index contributed by atoms with van der Waals surface area (Å²) in [4.78, 5) is 0.354. The van der Waals surface area contributed by atoms with Gasteiger partial charge in [-0.3, -0.25) is 0 Å². The fraction of sp³-hybridized carbons (Fsp3) is 0.286. The summed E-state index contributed by atoms with van der Waals surface area (Å²) >= 11 is 5.75. The maximum atomic E-state index is 13.2. The summed E-state index contributed by atoms with van der Waals surface area (Å²) in [5, 5.41) is 2.83. The molecule has 2 unspecified atom stereocenters. The van der Waals surface area contributed by atoms with E-state index in [1.165, 1.54) is 18.2 Å². The highest BCUT2D eigenvalue weighted by Gasteiger charge is 2.59. The first-order chi connectivity index (χ1) is 9.88. The molecule has 0 aliphatic carbocycles. The van der Waals surface area contributed by atoms with Crippen LogP contribution in [0, 0.1) is 5.82 Å². The summed E-state index contributed by atoms with van der Waals surface area (Å²) in [6, 6.07) is 4.08. The average molecular weight is 337 g/mol. The van der Waals surface area contributed by atoms with Gasteiger partial charge in [-0.2, -0.15) is 0 Å². The smallest absolute Gasteiger partial charge is 0.361 e. The summed E-state index contributed by atoms with van der Waals surface area (Å²) in [6.07, 6.45) is 3.69. The highest BCUT2D eigenvalue weighted by molar-refractivity contribution is 8.01. The summed E-state index contributed by atoms with van der Waals surface area (Å²) in [5.41, 5.74) is -3.04. The van der Waals surface area contributed by atoms with Gasteiger partial charge in [-0.15, -0.1) is 13.2 Å². The molecule has 0 bridgehead atoms. The average Bonchev–Trinajstić information content (AvgIpc) is 2.85. The monoisotopic (exact) mass is 336 g/mol. The van der Waals surface area contributed by atoms with Gasteiger partial charge in [-0.25, -0.2) is 4.39 Å². The first-order valence-corrected chi connectivity index (χ1v) is 8.04. The van der Waals surface area contributed by atoms with Gasteiger partial charge in [0.25, 0.3) is 0 Å². The molecule has 0 aromatic heterocycles. The quantitative estimate of drug-likeness (QED) is 0.591. The van der Waals surface area contributed by atoms with Gasteiger partial charge >= 0.3 is 5.51 Å². The predicted molar refractivity (Wildman–Crippen MR) is 76.4 cm³/mol. The molecule has 1 aromatic rings. The molecule has 7 heteroatoms. The zero-order valence-electron chi connectivity index (χ0n) is 10.7. The molecule has 1 N–H and O–H groups in total. The summed E-state index contributed by atoms with van der Waals surface area (Å²) < 4.78 is 52.9. The van der Waals surface area contributed by atoms with Crippen LogP contribution in [0.25, 0.3) is 0 Å². The van der Waals surface area contributed by atoms with E-state index >= 15 is 0 Å². The van der Waals surface area contributed by atoms with Crippen LogP contribution in [0.2, 0.25) is 5.02 Å². The van der Waals surface area contributed by atoms with Gasteiger partial charge in [0.2, 0.25) is 0 Å². The highest BCUT2D eigenvalue weighted by Crippen LogP contribution is 2.47. The van der Waals surface area contributed by atoms with E-state index in [9.17, 15) is 17.6 Å². The molecule has 0 saturated carbocycles. The van der Waals surface area contributed by atoms with Crippen LogP contribution in [-0.2, 0) is 10.9 Å². The number of alkyl halides is 3. The third-order valence-corrected chi connectivity index (χ3v) is 6.02. The van der Waals surface area contributed by atoms with E-state index in [0.717, 1.165) is 0 Å². The van der Waals surface area contributed by atoms with Gasteiger partial charge in [0.15, 0.2) is 4.91 Å². The number of dihydropyridines is 1. The second-order valence-electron chi connectivity index (χ2n) is 4.79. The Bertz CT molecular complexity index is 638. The lowest BCUT2D eigenvalue weighted by molar-refractivity contribution is -0.0362. The van der Waals surface area contributed by atoms with Crippen LogP contribution in [0.1, 0.15) is 17.9 Å². The number of benzene rings is 1. The molecule has 0 spiro atoms. The number of hydrogen-bond acceptors (Lipinski definition) is 1. The molecule has 2 aliphatic heterocycles. The Hall–Kier alpha value is -1.14.